The van der Waals surface area contributed by atoms with Crippen LogP contribution in [0.1, 0.15) is 42.5 Å². The summed E-state index contributed by atoms with van der Waals surface area (Å²) in [7, 11) is -1.52. The van der Waals surface area contributed by atoms with Gasteiger partial charge in [-0.1, -0.05) is 24.7 Å². The van der Waals surface area contributed by atoms with E-state index in [1.54, 1.807) is 7.05 Å². The van der Waals surface area contributed by atoms with Crippen LogP contribution in [0.15, 0.2) is 11.4 Å². The highest BCUT2D eigenvalue weighted by molar-refractivity contribution is 7.89. The van der Waals surface area contributed by atoms with E-state index in [9.17, 15) is 8.42 Å². The van der Waals surface area contributed by atoms with Crippen LogP contribution in [-0.2, 0) is 16.6 Å². The molecule has 0 aliphatic heterocycles. The summed E-state index contributed by atoms with van der Waals surface area (Å²) in [6.45, 7) is 0.470. The van der Waals surface area contributed by atoms with Crippen molar-refractivity contribution in [1.82, 2.24) is 4.31 Å². The molecule has 0 saturated heterocycles. The Morgan fingerprint density at radius 1 is 1.43 bits per heavy atom. The van der Waals surface area contributed by atoms with Crippen molar-refractivity contribution >= 4 is 21.4 Å². The molecule has 1 fully saturated rings. The highest BCUT2D eigenvalue weighted by Crippen LogP contribution is 2.28. The molecule has 1 aliphatic rings. The lowest BCUT2D eigenvalue weighted by atomic mass is 10.3. The van der Waals surface area contributed by atoms with Crippen LogP contribution in [0, 0.1) is 11.8 Å². The smallest absolute Gasteiger partial charge is 0.217 e. The molecule has 0 aromatic carbocycles. The lowest BCUT2D eigenvalue weighted by Gasteiger charge is -2.20. The van der Waals surface area contributed by atoms with E-state index in [2.05, 4.69) is 11.8 Å². The summed E-state index contributed by atoms with van der Waals surface area (Å²) in [5.41, 5.74) is 0.884. The first-order chi connectivity index (χ1) is 10.0. The predicted molar refractivity (Wildman–Crippen MR) is 85.5 cm³/mol. The van der Waals surface area contributed by atoms with Crippen LogP contribution in [0.3, 0.4) is 0 Å². The Balaban J connectivity index is 1.99. The number of hydrogen-bond donors (Lipinski definition) is 1. The number of nitrogens with zero attached hydrogens (tertiary/aromatic N) is 1. The van der Waals surface area contributed by atoms with Gasteiger partial charge in [-0.25, -0.2) is 8.42 Å². The van der Waals surface area contributed by atoms with Gasteiger partial charge in [-0.3, -0.25) is 0 Å². The Morgan fingerprint density at radius 2 is 2.14 bits per heavy atom. The van der Waals surface area contributed by atoms with Crippen LogP contribution >= 0.6 is 11.3 Å². The van der Waals surface area contributed by atoms with Gasteiger partial charge >= 0.3 is 0 Å². The van der Waals surface area contributed by atoms with E-state index in [0.29, 0.717) is 13.0 Å². The normalized spacial score (nSPS) is 16.1. The minimum atomic E-state index is -3.18. The molecule has 116 valence electrons. The first-order valence-corrected chi connectivity index (χ1v) is 9.54. The Hall–Kier alpha value is -0.870. The number of hydrogen-bond acceptors (Lipinski definition) is 4. The standard InChI is InChI=1S/C15H21NO3S2/c1-16(21(18,19)15-7-2-3-8-15)11-14-10-13(12-20-14)6-4-5-9-17/h10,12,15,17H,2-3,5,7-9,11H2,1H3. The molecule has 0 atom stereocenters. The summed E-state index contributed by atoms with van der Waals surface area (Å²) < 4.78 is 26.3. The summed E-state index contributed by atoms with van der Waals surface area (Å²) >= 11 is 1.52. The van der Waals surface area contributed by atoms with E-state index in [4.69, 9.17) is 5.11 Å². The molecule has 0 unspecified atom stereocenters. The molecule has 1 aromatic heterocycles. The SMILES string of the molecule is CN(Cc1cc(C#CCCO)cs1)S(=O)(=O)C1CCCC1. The van der Waals surface area contributed by atoms with Gasteiger partial charge in [-0.05, 0) is 18.9 Å². The average Bonchev–Trinajstić information content (AvgIpc) is 3.10. The van der Waals surface area contributed by atoms with Crippen molar-refractivity contribution in [3.63, 3.8) is 0 Å². The van der Waals surface area contributed by atoms with Crippen molar-refractivity contribution < 1.29 is 13.5 Å². The first kappa shape index (κ1) is 16.5. The van der Waals surface area contributed by atoms with Gasteiger partial charge in [0.15, 0.2) is 0 Å². The lowest BCUT2D eigenvalue weighted by Crippen LogP contribution is -2.34. The van der Waals surface area contributed by atoms with Crippen LogP contribution in [0.5, 0.6) is 0 Å². The van der Waals surface area contributed by atoms with E-state index in [-0.39, 0.29) is 11.9 Å². The number of aliphatic hydroxyl groups is 1. The third-order valence-corrected chi connectivity index (χ3v) is 6.89. The van der Waals surface area contributed by atoms with Crippen molar-refractivity contribution in [3.8, 4) is 11.8 Å². The van der Waals surface area contributed by atoms with Gasteiger partial charge in [-0.2, -0.15) is 4.31 Å². The molecule has 6 heteroatoms. The van der Waals surface area contributed by atoms with Crippen LogP contribution < -0.4 is 0 Å². The summed E-state index contributed by atoms with van der Waals surface area (Å²) in [5, 5.41) is 10.4. The molecule has 0 amide bonds. The zero-order valence-electron chi connectivity index (χ0n) is 12.2. The number of aliphatic hydroxyl groups excluding tert-OH is 1. The van der Waals surface area contributed by atoms with Crippen molar-refractivity contribution in [2.45, 2.75) is 43.9 Å². The second kappa shape index (κ2) is 7.41. The molecule has 2 rings (SSSR count). The van der Waals surface area contributed by atoms with E-state index in [1.165, 1.54) is 15.6 Å². The monoisotopic (exact) mass is 327 g/mol. The fourth-order valence-corrected chi connectivity index (χ4v) is 5.21. The van der Waals surface area contributed by atoms with Crippen molar-refractivity contribution in [2.75, 3.05) is 13.7 Å². The van der Waals surface area contributed by atoms with Crippen LogP contribution in [-0.4, -0.2) is 36.7 Å². The third kappa shape index (κ3) is 4.30. The summed E-state index contributed by atoms with van der Waals surface area (Å²) in [4.78, 5) is 0.993. The first-order valence-electron chi connectivity index (χ1n) is 7.16. The van der Waals surface area contributed by atoms with E-state index in [1.807, 2.05) is 11.4 Å². The fraction of sp³-hybridized carbons (Fsp3) is 0.600. The van der Waals surface area contributed by atoms with Crippen molar-refractivity contribution in [2.24, 2.45) is 0 Å². The van der Waals surface area contributed by atoms with Gasteiger partial charge in [0.1, 0.15) is 0 Å². The fourth-order valence-electron chi connectivity index (χ4n) is 2.50. The second-order valence-electron chi connectivity index (χ2n) is 5.28. The number of rotatable bonds is 5. The van der Waals surface area contributed by atoms with Crippen LogP contribution in [0.4, 0.5) is 0 Å². The Morgan fingerprint density at radius 3 is 2.81 bits per heavy atom. The molecule has 0 bridgehead atoms. The summed E-state index contributed by atoms with van der Waals surface area (Å²) in [6, 6.07) is 1.93. The molecule has 1 heterocycles. The molecule has 1 saturated carbocycles. The third-order valence-electron chi connectivity index (χ3n) is 3.66. The quantitative estimate of drug-likeness (QED) is 0.844. The Bertz CT molecular complexity index is 619. The predicted octanol–water partition coefficient (Wildman–Crippen LogP) is 2.19. The maximum absolute atomic E-state index is 12.4. The minimum absolute atomic E-state index is 0.0619. The highest BCUT2D eigenvalue weighted by atomic mass is 32.2. The topological polar surface area (TPSA) is 57.6 Å². The molecule has 1 aromatic rings. The molecular formula is C15H21NO3S2. The highest BCUT2D eigenvalue weighted by Gasteiger charge is 2.32. The van der Waals surface area contributed by atoms with Gasteiger partial charge < -0.3 is 5.11 Å². The van der Waals surface area contributed by atoms with Crippen LogP contribution in [0.25, 0.3) is 0 Å². The molecule has 0 radical (unpaired) electrons. The molecule has 4 nitrogen and oxygen atoms in total. The van der Waals surface area contributed by atoms with Crippen molar-refractivity contribution in [3.05, 3.63) is 21.9 Å². The van der Waals surface area contributed by atoms with E-state index < -0.39 is 10.0 Å². The molecule has 1 aliphatic carbocycles. The molecule has 21 heavy (non-hydrogen) atoms. The zero-order valence-corrected chi connectivity index (χ0v) is 13.8. The number of thiophene rings is 1. The van der Waals surface area contributed by atoms with Crippen molar-refractivity contribution in [1.29, 1.82) is 0 Å². The maximum Gasteiger partial charge on any atom is 0.217 e. The van der Waals surface area contributed by atoms with Gasteiger partial charge in [0.2, 0.25) is 10.0 Å². The van der Waals surface area contributed by atoms with Gasteiger partial charge in [0.25, 0.3) is 0 Å². The number of sulfonamides is 1. The largest absolute Gasteiger partial charge is 0.395 e. The Labute approximate surface area is 130 Å². The zero-order chi connectivity index (χ0) is 15.3. The minimum Gasteiger partial charge on any atom is -0.395 e. The Kier molecular flexibility index (Phi) is 5.82. The van der Waals surface area contributed by atoms with Gasteiger partial charge in [0, 0.05) is 35.8 Å². The molecule has 1 N–H and O–H groups in total. The van der Waals surface area contributed by atoms with Gasteiger partial charge in [0.05, 0.1) is 11.9 Å². The molecule has 0 spiro atoms. The summed E-state index contributed by atoms with van der Waals surface area (Å²) in [6.07, 6.45) is 4.06. The lowest BCUT2D eigenvalue weighted by molar-refractivity contribution is 0.305. The van der Waals surface area contributed by atoms with Gasteiger partial charge in [-0.15, -0.1) is 11.3 Å². The van der Waals surface area contributed by atoms with Crippen LogP contribution in [0.2, 0.25) is 0 Å². The van der Waals surface area contributed by atoms with E-state index >= 15 is 0 Å². The molecular weight excluding hydrogens is 306 g/mol. The average molecular weight is 327 g/mol. The van der Waals surface area contributed by atoms with E-state index in [0.717, 1.165) is 36.1 Å². The maximum atomic E-state index is 12.4. The summed E-state index contributed by atoms with van der Waals surface area (Å²) in [5.74, 6) is 5.83. The second-order valence-corrected chi connectivity index (χ2v) is 8.60.